The second-order valence-electron chi connectivity index (χ2n) is 5.42. The molecule has 0 aromatic heterocycles. The predicted octanol–water partition coefficient (Wildman–Crippen LogP) is 7.84. The van der Waals surface area contributed by atoms with Crippen LogP contribution in [0.5, 0.6) is 0 Å². The first-order valence-electron chi connectivity index (χ1n) is 7.12. The van der Waals surface area contributed by atoms with Gasteiger partial charge in [0.2, 0.25) is 0 Å². The lowest BCUT2D eigenvalue weighted by Crippen LogP contribution is -2.14. The molecule has 4 aliphatic rings. The Balaban J connectivity index is 1.50. The zero-order valence-electron chi connectivity index (χ0n) is 12.6. The van der Waals surface area contributed by atoms with E-state index < -0.39 is 0 Å². The van der Waals surface area contributed by atoms with Gasteiger partial charge in [0.1, 0.15) is 0 Å². The minimum Gasteiger partial charge on any atom is -0.113 e. The Hall–Kier alpha value is 2.02. The molecule has 0 unspecified atom stereocenters. The van der Waals surface area contributed by atoms with Crippen molar-refractivity contribution in [1.29, 1.82) is 0 Å². The van der Waals surface area contributed by atoms with E-state index in [1.54, 1.807) is 16.9 Å². The van der Waals surface area contributed by atoms with Gasteiger partial charge in [-0.2, -0.15) is 0 Å². The molecule has 4 atom stereocenters. The molecule has 0 amide bonds. The monoisotopic (exact) mass is 440 g/mol. The van der Waals surface area contributed by atoms with Gasteiger partial charge < -0.3 is 0 Å². The normalized spacial score (nSPS) is 38.7. The van der Waals surface area contributed by atoms with E-state index in [4.69, 9.17) is 0 Å². The Morgan fingerprint density at radius 3 is 0.864 bits per heavy atom. The van der Waals surface area contributed by atoms with Crippen LogP contribution in [0.4, 0.5) is 0 Å². The predicted molar refractivity (Wildman–Crippen MR) is 120 cm³/mol. The molecule has 0 saturated heterocycles. The first-order valence-corrected chi connectivity index (χ1v) is 13.9. The molecule has 0 aromatic rings. The molecule has 0 radical (unpaired) electrons. The summed E-state index contributed by atoms with van der Waals surface area (Å²) in [6.45, 7) is 9.44. The van der Waals surface area contributed by atoms with E-state index in [0.29, 0.717) is 0 Å². The second kappa shape index (κ2) is 6.97. The maximum absolute atomic E-state index is 2.36. The van der Waals surface area contributed by atoms with Crippen LogP contribution < -0.4 is 0 Å². The van der Waals surface area contributed by atoms with E-state index >= 15 is 0 Å². The number of rotatable bonds is 0. The van der Waals surface area contributed by atoms with Gasteiger partial charge in [0.25, 0.3) is 0 Å². The van der Waals surface area contributed by atoms with Crippen molar-refractivity contribution >= 4 is 94.1 Å². The lowest BCUT2D eigenvalue weighted by atomic mass is 10.4. The Kier molecular flexibility index (Phi) is 5.52. The average molecular weight is 441 g/mol. The highest BCUT2D eigenvalue weighted by Gasteiger charge is 2.37. The molecule has 0 fully saturated rings. The summed E-state index contributed by atoms with van der Waals surface area (Å²) in [5.74, 6) is 0. The van der Waals surface area contributed by atoms with Crippen molar-refractivity contribution in [3.63, 3.8) is 0 Å². The molecule has 4 rings (SSSR count). The van der Waals surface area contributed by atoms with Crippen molar-refractivity contribution < 1.29 is 0 Å². The first-order chi connectivity index (χ1) is 10.5. The Morgan fingerprint density at radius 1 is 0.409 bits per heavy atom. The van der Waals surface area contributed by atoms with Crippen molar-refractivity contribution in [3.05, 3.63) is 25.4 Å². The average Bonchev–Trinajstić information content (AvgIpc) is 3.03. The van der Waals surface area contributed by atoms with Crippen molar-refractivity contribution in [2.45, 2.75) is 48.7 Å². The highest BCUT2D eigenvalue weighted by atomic mass is 32.3. The summed E-state index contributed by atoms with van der Waals surface area (Å²) in [5, 5.41) is 2.90. The van der Waals surface area contributed by atoms with Crippen molar-refractivity contribution in [1.82, 2.24) is 0 Å². The minimum atomic E-state index is 0.726. The van der Waals surface area contributed by atoms with E-state index in [-0.39, 0.29) is 0 Å². The first kappa shape index (κ1) is 17.4. The second-order valence-corrected chi connectivity index (χ2v) is 16.6. The van der Waals surface area contributed by atoms with Gasteiger partial charge in [-0.3, -0.25) is 0 Å². The standard InChI is InChI=1S/C14H16S8/c1-5-6(2)16-10-9(15-5)19-13(20-10)14-21-11-12(22-14)18-8(4)7(3)17-11/h5-8H,1-4H3/t5-,6-,7-,8-/m0/s1. The van der Waals surface area contributed by atoms with Crippen LogP contribution in [0.3, 0.4) is 0 Å². The van der Waals surface area contributed by atoms with Crippen LogP contribution in [0.25, 0.3) is 0 Å². The summed E-state index contributed by atoms with van der Waals surface area (Å²) in [7, 11) is 0. The molecule has 0 N–H and O–H groups in total. The molecule has 8 heteroatoms. The highest BCUT2D eigenvalue weighted by molar-refractivity contribution is 8.45. The third-order valence-corrected chi connectivity index (χ3v) is 16.7. The zero-order chi connectivity index (χ0) is 15.4. The molecule has 22 heavy (non-hydrogen) atoms. The van der Waals surface area contributed by atoms with Crippen LogP contribution in [-0.4, -0.2) is 21.0 Å². The molecule has 0 spiro atoms. The Labute approximate surface area is 166 Å². The van der Waals surface area contributed by atoms with Crippen LogP contribution in [0.2, 0.25) is 0 Å². The van der Waals surface area contributed by atoms with Crippen molar-refractivity contribution in [2.24, 2.45) is 0 Å². The molecular formula is C14H16S8. The van der Waals surface area contributed by atoms with Gasteiger partial charge >= 0.3 is 0 Å². The summed E-state index contributed by atoms with van der Waals surface area (Å²) < 4.78 is 9.26. The molecular weight excluding hydrogens is 425 g/mol. The van der Waals surface area contributed by atoms with Gasteiger partial charge in [0.15, 0.2) is 0 Å². The molecule has 4 heterocycles. The maximum Gasteiger partial charge on any atom is 0.0717 e. The quantitative estimate of drug-likeness (QED) is 0.369. The van der Waals surface area contributed by atoms with Crippen LogP contribution in [-0.2, 0) is 0 Å². The van der Waals surface area contributed by atoms with E-state index in [0.717, 1.165) is 21.0 Å². The fourth-order valence-corrected chi connectivity index (χ4v) is 15.3. The fraction of sp³-hybridized carbons (Fsp3) is 0.571. The zero-order valence-corrected chi connectivity index (χ0v) is 19.1. The lowest BCUT2D eigenvalue weighted by Gasteiger charge is -2.24. The van der Waals surface area contributed by atoms with E-state index in [9.17, 15) is 0 Å². The SMILES string of the molecule is C[C@@H]1SC2=C(SC(=C3SC4=C(S3)S[C@@H](C)[C@H](C)S4)S2)S[C@H]1C. The Morgan fingerprint density at radius 2 is 0.636 bits per heavy atom. The van der Waals surface area contributed by atoms with Gasteiger partial charge in [0.05, 0.1) is 25.4 Å². The van der Waals surface area contributed by atoms with Crippen LogP contribution in [0.15, 0.2) is 25.4 Å². The third kappa shape index (κ3) is 3.33. The van der Waals surface area contributed by atoms with Gasteiger partial charge in [-0.15, -0.1) is 47.0 Å². The molecule has 4 aliphatic heterocycles. The molecule has 120 valence electrons. The maximum atomic E-state index is 2.36. The fourth-order valence-electron chi connectivity index (χ4n) is 2.06. The Bertz CT molecular complexity index is 504. The van der Waals surface area contributed by atoms with Gasteiger partial charge in [-0.25, -0.2) is 0 Å². The molecule has 0 aliphatic carbocycles. The van der Waals surface area contributed by atoms with Crippen LogP contribution in [0, 0.1) is 0 Å². The number of thioether (sulfide) groups is 8. The van der Waals surface area contributed by atoms with Crippen LogP contribution >= 0.6 is 94.1 Å². The molecule has 0 bridgehead atoms. The lowest BCUT2D eigenvalue weighted by molar-refractivity contribution is 0.931. The van der Waals surface area contributed by atoms with E-state index in [1.165, 1.54) is 8.47 Å². The summed E-state index contributed by atoms with van der Waals surface area (Å²) >= 11 is 16.4. The molecule has 0 saturated carbocycles. The van der Waals surface area contributed by atoms with Crippen molar-refractivity contribution in [2.75, 3.05) is 0 Å². The third-order valence-electron chi connectivity index (χ3n) is 3.74. The number of hydrogen-bond acceptors (Lipinski definition) is 8. The molecule has 0 nitrogen and oxygen atoms in total. The minimum absolute atomic E-state index is 0.726. The summed E-state index contributed by atoms with van der Waals surface area (Å²) in [6, 6.07) is 0. The van der Waals surface area contributed by atoms with E-state index in [1.807, 2.05) is 47.0 Å². The van der Waals surface area contributed by atoms with Crippen molar-refractivity contribution in [3.8, 4) is 0 Å². The topological polar surface area (TPSA) is 0 Å². The van der Waals surface area contributed by atoms with Crippen LogP contribution in [0.1, 0.15) is 27.7 Å². The molecule has 0 aromatic carbocycles. The number of hydrogen-bond donors (Lipinski definition) is 0. The summed E-state index contributed by atoms with van der Waals surface area (Å²) in [4.78, 5) is 0. The smallest absolute Gasteiger partial charge is 0.0717 e. The van der Waals surface area contributed by atoms with Gasteiger partial charge in [0, 0.05) is 21.0 Å². The highest BCUT2D eigenvalue weighted by Crippen LogP contribution is 2.69. The largest absolute Gasteiger partial charge is 0.113 e. The van der Waals surface area contributed by atoms with Gasteiger partial charge in [-0.05, 0) is 0 Å². The van der Waals surface area contributed by atoms with E-state index in [2.05, 4.69) is 74.7 Å². The summed E-state index contributed by atoms with van der Waals surface area (Å²) in [5.41, 5.74) is 0. The summed E-state index contributed by atoms with van der Waals surface area (Å²) in [6.07, 6.45) is 0. The van der Waals surface area contributed by atoms with Gasteiger partial charge in [-0.1, -0.05) is 74.7 Å².